The highest BCUT2D eigenvalue weighted by molar-refractivity contribution is 5.88. The molecule has 4 saturated carbocycles. The van der Waals surface area contributed by atoms with Crippen LogP contribution in [0.15, 0.2) is 23.3 Å². The summed E-state index contributed by atoms with van der Waals surface area (Å²) in [6, 6.07) is 0. The second-order valence-corrected chi connectivity index (χ2v) is 16.5. The predicted molar refractivity (Wildman–Crippen MR) is 161 cm³/mol. The van der Waals surface area contributed by atoms with Crippen LogP contribution in [0.25, 0.3) is 0 Å². The van der Waals surface area contributed by atoms with Crippen molar-refractivity contribution in [3.05, 3.63) is 23.3 Å². The summed E-state index contributed by atoms with van der Waals surface area (Å²) >= 11 is 0. The lowest BCUT2D eigenvalue weighted by atomic mass is 9.33. The van der Waals surface area contributed by atoms with E-state index in [0.29, 0.717) is 42.5 Å². The van der Waals surface area contributed by atoms with Crippen molar-refractivity contribution < 1.29 is 23.9 Å². The van der Waals surface area contributed by atoms with E-state index in [4.69, 9.17) is 9.47 Å². The number of hydrogen-bond donors (Lipinski definition) is 0. The minimum atomic E-state index is -0.872. The molecule has 0 radical (unpaired) electrons. The van der Waals surface area contributed by atoms with Gasteiger partial charge in [0.25, 0.3) is 0 Å². The van der Waals surface area contributed by atoms with Gasteiger partial charge in [-0.05, 0) is 98.7 Å². The Kier molecular flexibility index (Phi) is 7.11. The van der Waals surface area contributed by atoms with Gasteiger partial charge in [-0.3, -0.25) is 9.59 Å². The molecule has 5 rings (SSSR count). The van der Waals surface area contributed by atoms with Gasteiger partial charge in [-0.1, -0.05) is 66.2 Å². The lowest BCUT2D eigenvalue weighted by molar-refractivity contribution is -0.207. The molecule has 5 heteroatoms. The molecule has 4 fully saturated rings. The first-order chi connectivity index (χ1) is 18.9. The van der Waals surface area contributed by atoms with E-state index in [1.54, 1.807) is 13.0 Å². The second-order valence-electron chi connectivity index (χ2n) is 16.5. The quantitative estimate of drug-likeness (QED) is 0.197. The van der Waals surface area contributed by atoms with Gasteiger partial charge >= 0.3 is 11.9 Å². The maximum Gasteiger partial charge on any atom is 0.333 e. The van der Waals surface area contributed by atoms with Crippen LogP contribution in [0.3, 0.4) is 0 Å². The number of hydrogen-bond acceptors (Lipinski definition) is 5. The Morgan fingerprint density at radius 1 is 0.951 bits per heavy atom. The highest BCUT2D eigenvalue weighted by Crippen LogP contribution is 2.75. The summed E-state index contributed by atoms with van der Waals surface area (Å²) in [6.07, 6.45) is 11.6. The van der Waals surface area contributed by atoms with Crippen LogP contribution in [-0.4, -0.2) is 30.9 Å². The molecule has 0 aromatic rings. The van der Waals surface area contributed by atoms with E-state index in [2.05, 4.69) is 54.5 Å². The fourth-order valence-corrected chi connectivity index (χ4v) is 11.3. The molecule has 41 heavy (non-hydrogen) atoms. The number of fused-ring (bicyclic) bond motifs is 7. The number of esters is 2. The zero-order valence-electron chi connectivity index (χ0n) is 27.4. The summed E-state index contributed by atoms with van der Waals surface area (Å²) in [6.45, 7) is 20.0. The Hall–Kier alpha value is -1.91. The minimum absolute atomic E-state index is 0.0335. The monoisotopic (exact) mass is 566 g/mol. The standard InChI is InChI=1S/C36H54O5/c1-11-22(2)29(38)41-28-21-31(3,4)20-24-23-12-13-26-33(7)16-15-27(37)32(5,6)25(33)14-17-35(26,9)34(23,8)18-19-36(24,28)30(39)40-10/h11-12,24-26,28H,13-21H2,1-10H3/t24-,25-,26+,28+,33-,34+,35+,36-/m0/s1. The van der Waals surface area contributed by atoms with Crippen molar-refractivity contribution in [2.75, 3.05) is 7.11 Å². The number of ketones is 1. The van der Waals surface area contributed by atoms with Crippen molar-refractivity contribution in [1.29, 1.82) is 0 Å². The average Bonchev–Trinajstić information content (AvgIpc) is 2.90. The van der Waals surface area contributed by atoms with Crippen molar-refractivity contribution >= 4 is 17.7 Å². The van der Waals surface area contributed by atoms with Gasteiger partial charge in [0, 0.05) is 23.3 Å². The zero-order valence-corrected chi connectivity index (χ0v) is 27.4. The molecular weight excluding hydrogens is 512 g/mol. The van der Waals surface area contributed by atoms with Crippen molar-refractivity contribution in [1.82, 2.24) is 0 Å². The van der Waals surface area contributed by atoms with E-state index in [-0.39, 0.29) is 44.9 Å². The van der Waals surface area contributed by atoms with Crippen LogP contribution >= 0.6 is 0 Å². The van der Waals surface area contributed by atoms with Crippen LogP contribution in [0, 0.1) is 50.2 Å². The third kappa shape index (κ3) is 4.02. The Morgan fingerprint density at radius 2 is 1.63 bits per heavy atom. The highest BCUT2D eigenvalue weighted by atomic mass is 16.6. The largest absolute Gasteiger partial charge is 0.468 e. The van der Waals surface area contributed by atoms with E-state index >= 15 is 0 Å². The molecule has 0 spiro atoms. The Balaban J connectivity index is 1.62. The Labute approximate surface area is 248 Å². The van der Waals surface area contributed by atoms with Gasteiger partial charge in [0.2, 0.25) is 0 Å². The molecule has 8 atom stereocenters. The molecule has 5 aliphatic rings. The van der Waals surface area contributed by atoms with E-state index in [1.165, 1.54) is 12.7 Å². The number of allylic oxidation sites excluding steroid dienone is 3. The molecule has 0 aromatic carbocycles. The highest BCUT2D eigenvalue weighted by Gasteiger charge is 2.71. The lowest BCUT2D eigenvalue weighted by Gasteiger charge is -2.70. The number of Topliss-reactive ketones (excluding diaryl/α,β-unsaturated/α-hetero) is 1. The SMILES string of the molecule is CC=C(C)C(=O)O[C@@H]1CC(C)(C)C[C@H]2C3=CC[C@@H]4[C@@]5(C)CCC(=O)C(C)(C)[C@@H]5CC[C@@]4(C)[C@]3(C)CC[C@@]12C(=O)OC. The van der Waals surface area contributed by atoms with Gasteiger partial charge in [0.1, 0.15) is 17.3 Å². The first-order valence-electron chi connectivity index (χ1n) is 16.1. The van der Waals surface area contributed by atoms with Crippen LogP contribution in [0.1, 0.15) is 120 Å². The van der Waals surface area contributed by atoms with E-state index in [1.807, 2.05) is 6.92 Å². The Morgan fingerprint density at radius 3 is 2.27 bits per heavy atom. The summed E-state index contributed by atoms with van der Waals surface area (Å²) in [5.74, 6) is 0.721. The number of rotatable bonds is 3. The number of carbonyl (C=O) groups is 3. The van der Waals surface area contributed by atoms with E-state index in [9.17, 15) is 14.4 Å². The van der Waals surface area contributed by atoms with Crippen LogP contribution in [0.2, 0.25) is 0 Å². The van der Waals surface area contributed by atoms with Crippen molar-refractivity contribution in [2.45, 2.75) is 126 Å². The smallest absolute Gasteiger partial charge is 0.333 e. The molecular formula is C36H54O5. The van der Waals surface area contributed by atoms with Gasteiger partial charge in [0.05, 0.1) is 7.11 Å². The molecule has 0 bridgehead atoms. The number of ether oxygens (including phenoxy) is 2. The van der Waals surface area contributed by atoms with Crippen molar-refractivity contribution in [3.8, 4) is 0 Å². The summed E-state index contributed by atoms with van der Waals surface area (Å²) in [5, 5.41) is 0. The second kappa shape index (κ2) is 9.55. The normalized spacial score (nSPS) is 44.8. The lowest BCUT2D eigenvalue weighted by Crippen LogP contribution is -2.66. The van der Waals surface area contributed by atoms with Crippen molar-refractivity contribution in [3.63, 3.8) is 0 Å². The zero-order chi connectivity index (χ0) is 30.4. The van der Waals surface area contributed by atoms with Crippen LogP contribution in [0.4, 0.5) is 0 Å². The first-order valence-corrected chi connectivity index (χ1v) is 16.1. The van der Waals surface area contributed by atoms with Crippen LogP contribution < -0.4 is 0 Å². The summed E-state index contributed by atoms with van der Waals surface area (Å²) in [7, 11) is 1.48. The minimum Gasteiger partial charge on any atom is -0.468 e. The molecule has 0 saturated heterocycles. The molecule has 0 N–H and O–H groups in total. The average molecular weight is 567 g/mol. The number of carbonyl (C=O) groups excluding carboxylic acids is 3. The van der Waals surface area contributed by atoms with Gasteiger partial charge in [-0.15, -0.1) is 0 Å². The molecule has 228 valence electrons. The summed E-state index contributed by atoms with van der Waals surface area (Å²) in [4.78, 5) is 40.2. The maximum absolute atomic E-state index is 14.0. The fraction of sp³-hybridized carbons (Fsp3) is 0.806. The predicted octanol–water partition coefficient (Wildman–Crippen LogP) is 8.02. The molecule has 0 heterocycles. The first kappa shape index (κ1) is 30.5. The van der Waals surface area contributed by atoms with Crippen molar-refractivity contribution in [2.24, 2.45) is 50.2 Å². The molecule has 0 amide bonds. The van der Waals surface area contributed by atoms with Gasteiger partial charge in [-0.25, -0.2) is 4.79 Å². The Bertz CT molecular complexity index is 1210. The third-order valence-corrected chi connectivity index (χ3v) is 13.9. The van der Waals surface area contributed by atoms with Crippen LogP contribution in [-0.2, 0) is 23.9 Å². The number of methoxy groups -OCH3 is 1. The summed E-state index contributed by atoms with van der Waals surface area (Å²) < 4.78 is 11.8. The molecule has 5 aliphatic carbocycles. The third-order valence-electron chi connectivity index (χ3n) is 13.9. The fourth-order valence-electron chi connectivity index (χ4n) is 11.3. The van der Waals surface area contributed by atoms with E-state index < -0.39 is 11.5 Å². The molecule has 0 aromatic heterocycles. The topological polar surface area (TPSA) is 69.7 Å². The van der Waals surface area contributed by atoms with Gasteiger partial charge in [-0.2, -0.15) is 0 Å². The molecule has 5 nitrogen and oxygen atoms in total. The molecule has 0 aliphatic heterocycles. The summed E-state index contributed by atoms with van der Waals surface area (Å²) in [5.41, 5.74) is 0.833. The van der Waals surface area contributed by atoms with Gasteiger partial charge in [0.15, 0.2) is 0 Å². The van der Waals surface area contributed by atoms with E-state index in [0.717, 1.165) is 38.5 Å². The van der Waals surface area contributed by atoms with Gasteiger partial charge < -0.3 is 9.47 Å². The maximum atomic E-state index is 14.0. The molecule has 0 unspecified atom stereocenters. The van der Waals surface area contributed by atoms with Crippen LogP contribution in [0.5, 0.6) is 0 Å².